The van der Waals surface area contributed by atoms with E-state index in [1.807, 2.05) is 6.07 Å². The molecule has 142 valence electrons. The van der Waals surface area contributed by atoms with E-state index in [0.29, 0.717) is 12.6 Å². The summed E-state index contributed by atoms with van der Waals surface area (Å²) in [5, 5.41) is 3.46. The maximum absolute atomic E-state index is 5.92. The zero-order chi connectivity index (χ0) is 16.2. The summed E-state index contributed by atoms with van der Waals surface area (Å²) in [5.74, 6) is 1.80. The van der Waals surface area contributed by atoms with Crippen LogP contribution in [0.4, 0.5) is 0 Å². The molecule has 3 nitrogen and oxygen atoms in total. The first-order valence-electron chi connectivity index (χ1n) is 9.11. The molecule has 0 radical (unpaired) electrons. The van der Waals surface area contributed by atoms with Gasteiger partial charge in [0.2, 0.25) is 0 Å². The molecule has 0 spiro atoms. The first kappa shape index (κ1) is 21.0. The van der Waals surface area contributed by atoms with Gasteiger partial charge < -0.3 is 10.1 Å². The van der Waals surface area contributed by atoms with Crippen LogP contribution >= 0.6 is 24.8 Å². The third-order valence-electron chi connectivity index (χ3n) is 5.08. The fraction of sp³-hybridized carbons (Fsp3) is 0.429. The summed E-state index contributed by atoms with van der Waals surface area (Å²) < 4.78 is 5.92. The summed E-state index contributed by atoms with van der Waals surface area (Å²) in [6.45, 7) is 5.17. The summed E-state index contributed by atoms with van der Waals surface area (Å²) >= 11 is 0. The van der Waals surface area contributed by atoms with Gasteiger partial charge in [-0.15, -0.1) is 24.8 Å². The van der Waals surface area contributed by atoms with Gasteiger partial charge in [0, 0.05) is 32.2 Å². The minimum atomic E-state index is 0. The Hall–Kier alpha value is -1.26. The molecule has 2 fully saturated rings. The summed E-state index contributed by atoms with van der Waals surface area (Å²) in [6.07, 6.45) is 2.75. The zero-order valence-corrected chi connectivity index (χ0v) is 16.6. The highest BCUT2D eigenvalue weighted by atomic mass is 35.5. The topological polar surface area (TPSA) is 24.5 Å². The van der Waals surface area contributed by atoms with Crippen LogP contribution in [0.5, 0.6) is 5.75 Å². The maximum Gasteiger partial charge on any atom is 0.119 e. The summed E-state index contributed by atoms with van der Waals surface area (Å²) in [5.41, 5.74) is 2.66. The Morgan fingerprint density at radius 2 is 1.58 bits per heavy atom. The minimum absolute atomic E-state index is 0. The van der Waals surface area contributed by atoms with Crippen molar-refractivity contribution in [2.45, 2.75) is 25.5 Å². The Morgan fingerprint density at radius 1 is 0.923 bits per heavy atom. The molecule has 2 aromatic rings. The van der Waals surface area contributed by atoms with Gasteiger partial charge in [0.25, 0.3) is 0 Å². The first-order chi connectivity index (χ1) is 11.9. The number of ether oxygens (including phenoxy) is 1. The van der Waals surface area contributed by atoms with Crippen molar-refractivity contribution in [3.05, 3.63) is 65.7 Å². The Labute approximate surface area is 168 Å². The van der Waals surface area contributed by atoms with Crippen LogP contribution in [0.25, 0.3) is 0 Å². The molecule has 1 atom stereocenters. The van der Waals surface area contributed by atoms with Gasteiger partial charge in [-0.2, -0.15) is 0 Å². The molecular formula is C21H28Cl2N2O. The van der Waals surface area contributed by atoms with E-state index >= 15 is 0 Å². The van der Waals surface area contributed by atoms with E-state index in [0.717, 1.165) is 37.8 Å². The normalized spacial score (nSPS) is 18.3. The molecule has 0 unspecified atom stereocenters. The summed E-state index contributed by atoms with van der Waals surface area (Å²) in [6, 6.07) is 19.7. The Bertz CT molecular complexity index is 641. The maximum atomic E-state index is 5.92. The predicted octanol–water partition coefficient (Wildman–Crippen LogP) is 4.47. The smallest absolute Gasteiger partial charge is 0.119 e. The van der Waals surface area contributed by atoms with Gasteiger partial charge in [-0.3, -0.25) is 4.90 Å². The van der Waals surface area contributed by atoms with E-state index < -0.39 is 0 Å². The number of nitrogens with zero attached hydrogens (tertiary/aromatic N) is 1. The van der Waals surface area contributed by atoms with Gasteiger partial charge in [0.15, 0.2) is 0 Å². The van der Waals surface area contributed by atoms with E-state index in [-0.39, 0.29) is 24.8 Å². The molecule has 2 aliphatic rings. The Morgan fingerprint density at radius 3 is 2.19 bits per heavy atom. The fourth-order valence-corrected chi connectivity index (χ4v) is 3.66. The molecular weight excluding hydrogens is 367 g/mol. The lowest BCUT2D eigenvalue weighted by Crippen LogP contribution is -2.45. The Kier molecular flexibility index (Phi) is 8.23. The van der Waals surface area contributed by atoms with Gasteiger partial charge in [-0.25, -0.2) is 0 Å². The van der Waals surface area contributed by atoms with Gasteiger partial charge in [-0.05, 0) is 42.0 Å². The third kappa shape index (κ3) is 5.37. The zero-order valence-electron chi connectivity index (χ0n) is 15.0. The minimum Gasteiger partial charge on any atom is -0.489 e. The monoisotopic (exact) mass is 394 g/mol. The highest BCUT2D eigenvalue weighted by Crippen LogP contribution is 2.44. The van der Waals surface area contributed by atoms with Gasteiger partial charge >= 0.3 is 0 Å². The molecule has 4 rings (SSSR count). The SMILES string of the molecule is Cl.Cl.c1ccc(COc2ccc([C@@H](C3CC3)N3CCNCC3)cc2)cc1. The molecule has 26 heavy (non-hydrogen) atoms. The standard InChI is InChI=1S/C21H26N2O.2ClH/c1-2-4-17(5-3-1)16-24-20-10-8-19(9-11-20)21(18-6-7-18)23-14-12-22-13-15-23;;/h1-5,8-11,18,21-22H,6-7,12-16H2;2*1H/t21-;;/m1../s1. The molecule has 0 bridgehead atoms. The summed E-state index contributed by atoms with van der Waals surface area (Å²) in [4.78, 5) is 2.66. The number of rotatable bonds is 6. The van der Waals surface area contributed by atoms with Crippen LogP contribution in [0.3, 0.4) is 0 Å². The summed E-state index contributed by atoms with van der Waals surface area (Å²) in [7, 11) is 0. The fourth-order valence-electron chi connectivity index (χ4n) is 3.66. The number of hydrogen-bond donors (Lipinski definition) is 1. The predicted molar refractivity (Wildman–Crippen MR) is 112 cm³/mol. The van der Waals surface area contributed by atoms with E-state index in [4.69, 9.17) is 4.74 Å². The molecule has 0 aromatic heterocycles. The van der Waals surface area contributed by atoms with Crippen LogP contribution in [0.15, 0.2) is 54.6 Å². The first-order valence-corrected chi connectivity index (χ1v) is 9.11. The molecule has 1 heterocycles. The largest absolute Gasteiger partial charge is 0.489 e. The van der Waals surface area contributed by atoms with Gasteiger partial charge in [0.1, 0.15) is 12.4 Å². The van der Waals surface area contributed by atoms with E-state index in [1.54, 1.807) is 0 Å². The molecule has 1 saturated carbocycles. The lowest BCUT2D eigenvalue weighted by molar-refractivity contribution is 0.156. The van der Waals surface area contributed by atoms with Crippen molar-refractivity contribution < 1.29 is 4.74 Å². The highest BCUT2D eigenvalue weighted by Gasteiger charge is 2.36. The molecule has 0 amide bonds. The van der Waals surface area contributed by atoms with E-state index in [1.165, 1.54) is 24.0 Å². The lowest BCUT2D eigenvalue weighted by atomic mass is 9.99. The van der Waals surface area contributed by atoms with Gasteiger partial charge in [-0.1, -0.05) is 42.5 Å². The van der Waals surface area contributed by atoms with E-state index in [9.17, 15) is 0 Å². The molecule has 2 aromatic carbocycles. The quantitative estimate of drug-likeness (QED) is 0.781. The lowest BCUT2D eigenvalue weighted by Gasteiger charge is -2.35. The van der Waals surface area contributed by atoms with Crippen molar-refractivity contribution in [1.82, 2.24) is 10.2 Å². The third-order valence-corrected chi connectivity index (χ3v) is 5.08. The number of benzene rings is 2. The second-order valence-corrected chi connectivity index (χ2v) is 6.91. The number of piperazine rings is 1. The van der Waals surface area contributed by atoms with Crippen molar-refractivity contribution in [2.75, 3.05) is 26.2 Å². The second-order valence-electron chi connectivity index (χ2n) is 6.91. The van der Waals surface area contributed by atoms with E-state index in [2.05, 4.69) is 58.7 Å². The van der Waals surface area contributed by atoms with Crippen LogP contribution < -0.4 is 10.1 Å². The molecule has 1 aliphatic carbocycles. The number of halogens is 2. The number of nitrogens with one attached hydrogen (secondary N) is 1. The molecule has 1 aliphatic heterocycles. The van der Waals surface area contributed by atoms with Gasteiger partial charge in [0.05, 0.1) is 0 Å². The van der Waals surface area contributed by atoms with Crippen molar-refractivity contribution in [1.29, 1.82) is 0 Å². The second kappa shape index (κ2) is 10.2. The number of hydrogen-bond acceptors (Lipinski definition) is 3. The van der Waals surface area contributed by atoms with Crippen LogP contribution in [-0.2, 0) is 6.61 Å². The van der Waals surface area contributed by atoms with Crippen molar-refractivity contribution in [2.24, 2.45) is 5.92 Å². The van der Waals surface area contributed by atoms with Crippen LogP contribution in [-0.4, -0.2) is 31.1 Å². The van der Waals surface area contributed by atoms with Crippen molar-refractivity contribution in [3.63, 3.8) is 0 Å². The molecule has 5 heteroatoms. The molecule has 1 saturated heterocycles. The highest BCUT2D eigenvalue weighted by molar-refractivity contribution is 5.85. The van der Waals surface area contributed by atoms with Crippen molar-refractivity contribution in [3.8, 4) is 5.75 Å². The average Bonchev–Trinajstić information content (AvgIpc) is 3.48. The van der Waals surface area contributed by atoms with Crippen molar-refractivity contribution >= 4 is 24.8 Å². The molecule has 1 N–H and O–H groups in total. The van der Waals surface area contributed by atoms with Crippen LogP contribution in [0.1, 0.15) is 30.0 Å². The van der Waals surface area contributed by atoms with Crippen LogP contribution in [0, 0.1) is 5.92 Å². The Balaban J connectivity index is 0.00000121. The average molecular weight is 395 g/mol. The van der Waals surface area contributed by atoms with Crippen LogP contribution in [0.2, 0.25) is 0 Å².